The van der Waals surface area contributed by atoms with E-state index < -0.39 is 0 Å². The fraction of sp³-hybridized carbons (Fsp3) is 0.261. The summed E-state index contributed by atoms with van der Waals surface area (Å²) in [5.74, 6) is 1.82. The number of rotatable bonds is 5. The molecule has 1 aliphatic rings. The van der Waals surface area contributed by atoms with Gasteiger partial charge in [0.05, 0.1) is 5.56 Å². The van der Waals surface area contributed by atoms with Crippen LogP contribution < -0.4 is 4.90 Å². The Labute approximate surface area is 194 Å². The maximum Gasteiger partial charge on any atom is 0.256 e. The molecule has 0 spiro atoms. The van der Waals surface area contributed by atoms with Crippen LogP contribution in [0, 0.1) is 12.7 Å². The SMILES string of the molecule is Cc1cc(N2CCN(C(=O)c3cccnc3SCc3ccc(F)cc3)CC2)n2ncnc2n1. The fourth-order valence-electron chi connectivity index (χ4n) is 3.85. The lowest BCUT2D eigenvalue weighted by atomic mass is 10.2. The average molecular weight is 464 g/mol. The van der Waals surface area contributed by atoms with Crippen molar-refractivity contribution >= 4 is 29.3 Å². The molecule has 0 unspecified atom stereocenters. The van der Waals surface area contributed by atoms with Gasteiger partial charge in [-0.15, -0.1) is 11.8 Å². The van der Waals surface area contributed by atoms with Crippen LogP contribution in [0.15, 0.2) is 60.0 Å². The molecule has 168 valence electrons. The van der Waals surface area contributed by atoms with E-state index in [2.05, 4.69) is 25.0 Å². The Kier molecular flexibility index (Phi) is 5.91. The number of hydrogen-bond acceptors (Lipinski definition) is 7. The highest BCUT2D eigenvalue weighted by atomic mass is 32.2. The van der Waals surface area contributed by atoms with E-state index in [1.165, 1.54) is 30.2 Å². The van der Waals surface area contributed by atoms with Gasteiger partial charge in [-0.05, 0) is 36.8 Å². The molecule has 0 saturated carbocycles. The third kappa shape index (κ3) is 4.51. The number of thioether (sulfide) groups is 1. The van der Waals surface area contributed by atoms with Gasteiger partial charge in [-0.2, -0.15) is 14.6 Å². The number of fused-ring (bicyclic) bond motifs is 1. The molecular formula is C23H22FN7OS. The summed E-state index contributed by atoms with van der Waals surface area (Å²) in [5.41, 5.74) is 2.45. The Morgan fingerprint density at radius 3 is 2.67 bits per heavy atom. The zero-order valence-corrected chi connectivity index (χ0v) is 18.9. The number of pyridine rings is 1. The highest BCUT2D eigenvalue weighted by molar-refractivity contribution is 7.98. The number of piperazine rings is 1. The summed E-state index contributed by atoms with van der Waals surface area (Å²) < 4.78 is 14.9. The van der Waals surface area contributed by atoms with Crippen molar-refractivity contribution in [3.63, 3.8) is 0 Å². The molecule has 0 radical (unpaired) electrons. The minimum atomic E-state index is -0.261. The van der Waals surface area contributed by atoms with Crippen molar-refractivity contribution in [1.82, 2.24) is 29.5 Å². The number of amides is 1. The van der Waals surface area contributed by atoms with E-state index in [0.717, 1.165) is 17.1 Å². The van der Waals surface area contributed by atoms with Crippen molar-refractivity contribution in [2.75, 3.05) is 31.1 Å². The second-order valence-electron chi connectivity index (χ2n) is 7.78. The van der Waals surface area contributed by atoms with Crippen LogP contribution in [0.4, 0.5) is 10.2 Å². The number of benzene rings is 1. The Morgan fingerprint density at radius 2 is 1.88 bits per heavy atom. The topological polar surface area (TPSA) is 79.5 Å². The number of carbonyl (C=O) groups is 1. The lowest BCUT2D eigenvalue weighted by molar-refractivity contribution is 0.0742. The van der Waals surface area contributed by atoms with E-state index in [9.17, 15) is 9.18 Å². The van der Waals surface area contributed by atoms with Crippen molar-refractivity contribution in [2.45, 2.75) is 17.7 Å². The molecule has 1 aromatic carbocycles. The molecule has 8 nitrogen and oxygen atoms in total. The van der Waals surface area contributed by atoms with Crippen molar-refractivity contribution in [3.05, 3.63) is 77.6 Å². The quantitative estimate of drug-likeness (QED) is 0.421. The summed E-state index contributed by atoms with van der Waals surface area (Å²) in [4.78, 5) is 30.4. The highest BCUT2D eigenvalue weighted by Gasteiger charge is 2.26. The van der Waals surface area contributed by atoms with Crippen LogP contribution in [-0.4, -0.2) is 61.6 Å². The molecule has 33 heavy (non-hydrogen) atoms. The Balaban J connectivity index is 1.27. The number of carbonyl (C=O) groups excluding carboxylic acids is 1. The molecular weight excluding hydrogens is 441 g/mol. The fourth-order valence-corrected chi connectivity index (χ4v) is 4.79. The lowest BCUT2D eigenvalue weighted by Gasteiger charge is -2.36. The summed E-state index contributed by atoms with van der Waals surface area (Å²) in [6, 6.07) is 12.0. The number of halogens is 1. The molecule has 1 saturated heterocycles. The number of anilines is 1. The molecule has 4 heterocycles. The largest absolute Gasteiger partial charge is 0.353 e. The van der Waals surface area contributed by atoms with Gasteiger partial charge in [0.1, 0.15) is 23.0 Å². The van der Waals surface area contributed by atoms with Gasteiger partial charge in [0.2, 0.25) is 0 Å². The minimum absolute atomic E-state index is 0.0267. The molecule has 0 atom stereocenters. The molecule has 5 rings (SSSR count). The third-order valence-electron chi connectivity index (χ3n) is 5.54. The van der Waals surface area contributed by atoms with E-state index in [1.807, 2.05) is 24.0 Å². The Morgan fingerprint density at radius 1 is 1.09 bits per heavy atom. The number of hydrogen-bond donors (Lipinski definition) is 0. The van der Waals surface area contributed by atoms with Gasteiger partial charge >= 0.3 is 0 Å². The van der Waals surface area contributed by atoms with Gasteiger partial charge in [0.15, 0.2) is 0 Å². The van der Waals surface area contributed by atoms with Crippen molar-refractivity contribution in [3.8, 4) is 0 Å². The van der Waals surface area contributed by atoms with Crippen LogP contribution in [0.25, 0.3) is 5.78 Å². The van der Waals surface area contributed by atoms with E-state index in [0.29, 0.717) is 48.3 Å². The maximum atomic E-state index is 13.3. The van der Waals surface area contributed by atoms with Crippen LogP contribution in [0.1, 0.15) is 21.6 Å². The van der Waals surface area contributed by atoms with E-state index in [-0.39, 0.29) is 11.7 Å². The summed E-state index contributed by atoms with van der Waals surface area (Å²) in [7, 11) is 0. The normalized spacial score (nSPS) is 14.1. The molecule has 0 aliphatic carbocycles. The van der Waals surface area contributed by atoms with Gasteiger partial charge in [-0.25, -0.2) is 14.4 Å². The minimum Gasteiger partial charge on any atom is -0.353 e. The van der Waals surface area contributed by atoms with Gasteiger partial charge < -0.3 is 9.80 Å². The first-order chi connectivity index (χ1) is 16.1. The molecule has 1 amide bonds. The standard InChI is InChI=1S/C23H22FN7OS/c1-16-13-20(31-23(28-16)26-15-27-31)29-9-11-30(12-10-29)22(32)19-3-2-8-25-21(19)33-14-17-4-6-18(24)7-5-17/h2-8,13,15H,9-12,14H2,1H3. The number of aromatic nitrogens is 5. The molecule has 1 aliphatic heterocycles. The molecule has 0 N–H and O–H groups in total. The summed E-state index contributed by atoms with van der Waals surface area (Å²) in [6.07, 6.45) is 3.19. The molecule has 0 bridgehead atoms. The van der Waals surface area contributed by atoms with E-state index in [4.69, 9.17) is 0 Å². The summed E-state index contributed by atoms with van der Waals surface area (Å²) in [6.45, 7) is 4.48. The first kappa shape index (κ1) is 21.3. The van der Waals surface area contributed by atoms with Crippen molar-refractivity contribution in [2.24, 2.45) is 0 Å². The predicted octanol–water partition coefficient (Wildman–Crippen LogP) is 3.22. The molecule has 1 fully saturated rings. The summed E-state index contributed by atoms with van der Waals surface area (Å²) >= 11 is 1.48. The second kappa shape index (κ2) is 9.14. The van der Waals surface area contributed by atoms with Crippen LogP contribution in [0.2, 0.25) is 0 Å². The smallest absolute Gasteiger partial charge is 0.256 e. The van der Waals surface area contributed by atoms with Crippen LogP contribution >= 0.6 is 11.8 Å². The van der Waals surface area contributed by atoms with E-state index >= 15 is 0 Å². The van der Waals surface area contributed by atoms with E-state index in [1.54, 1.807) is 28.9 Å². The van der Waals surface area contributed by atoms with Crippen LogP contribution in [-0.2, 0) is 5.75 Å². The Bertz CT molecular complexity index is 1290. The maximum absolute atomic E-state index is 13.3. The third-order valence-corrected chi connectivity index (χ3v) is 6.62. The first-order valence-electron chi connectivity index (χ1n) is 10.6. The van der Waals surface area contributed by atoms with Crippen molar-refractivity contribution in [1.29, 1.82) is 0 Å². The van der Waals surface area contributed by atoms with Gasteiger partial charge in [-0.3, -0.25) is 4.79 Å². The number of nitrogens with zero attached hydrogens (tertiary/aromatic N) is 7. The van der Waals surface area contributed by atoms with Crippen molar-refractivity contribution < 1.29 is 9.18 Å². The van der Waals surface area contributed by atoms with Gasteiger partial charge in [0, 0.05) is 49.9 Å². The first-order valence-corrected chi connectivity index (χ1v) is 11.6. The number of aryl methyl sites for hydroxylation is 1. The molecule has 10 heteroatoms. The predicted molar refractivity (Wildman–Crippen MR) is 124 cm³/mol. The van der Waals surface area contributed by atoms with Gasteiger partial charge in [0.25, 0.3) is 11.7 Å². The zero-order chi connectivity index (χ0) is 22.8. The highest BCUT2D eigenvalue weighted by Crippen LogP contribution is 2.26. The summed E-state index contributed by atoms with van der Waals surface area (Å²) in [5, 5.41) is 4.97. The van der Waals surface area contributed by atoms with Crippen LogP contribution in [0.5, 0.6) is 0 Å². The average Bonchev–Trinajstić information content (AvgIpc) is 3.31. The van der Waals surface area contributed by atoms with Gasteiger partial charge in [-0.1, -0.05) is 12.1 Å². The second-order valence-corrected chi connectivity index (χ2v) is 8.74. The lowest BCUT2D eigenvalue weighted by Crippen LogP contribution is -2.49. The zero-order valence-electron chi connectivity index (χ0n) is 18.1. The monoisotopic (exact) mass is 463 g/mol. The Hall–Kier alpha value is -3.53. The molecule has 3 aromatic heterocycles. The molecule has 4 aromatic rings. The van der Waals surface area contributed by atoms with Crippen LogP contribution in [0.3, 0.4) is 0 Å².